The molecule has 0 saturated carbocycles. The summed E-state index contributed by atoms with van der Waals surface area (Å²) in [4.78, 5) is 0. The van der Waals surface area contributed by atoms with E-state index in [1.807, 2.05) is 0 Å². The van der Waals surface area contributed by atoms with Gasteiger partial charge in [0.15, 0.2) is 0 Å². The molecule has 0 amide bonds. The highest BCUT2D eigenvalue weighted by Crippen LogP contribution is 2.16. The van der Waals surface area contributed by atoms with Crippen molar-refractivity contribution in [3.05, 3.63) is 146 Å². The second-order valence-corrected chi connectivity index (χ2v) is 9.10. The summed E-state index contributed by atoms with van der Waals surface area (Å²) in [5.74, 6) is 2.03. The highest BCUT2D eigenvalue weighted by molar-refractivity contribution is 5.85. The molecule has 0 atom stereocenters. The molecular formula is C36H38Cl2O12. The van der Waals surface area contributed by atoms with Gasteiger partial charge >= 0.3 is 0 Å². The summed E-state index contributed by atoms with van der Waals surface area (Å²) in [5, 5.41) is 104. The lowest BCUT2D eigenvalue weighted by atomic mass is 10.3. The van der Waals surface area contributed by atoms with E-state index in [9.17, 15) is 0 Å². The van der Waals surface area contributed by atoms with Crippen LogP contribution in [0.2, 0.25) is 0 Å². The molecule has 6 aromatic rings. The van der Waals surface area contributed by atoms with Crippen molar-refractivity contribution in [3.8, 4) is 69.0 Å². The minimum absolute atomic E-state index is 0. The van der Waals surface area contributed by atoms with Gasteiger partial charge in [0.25, 0.3) is 0 Å². The van der Waals surface area contributed by atoms with Crippen LogP contribution in [0.15, 0.2) is 146 Å². The van der Waals surface area contributed by atoms with Crippen molar-refractivity contribution in [3.63, 3.8) is 0 Å². The van der Waals surface area contributed by atoms with Crippen LogP contribution >= 0.6 is 24.8 Å². The van der Waals surface area contributed by atoms with Crippen LogP contribution in [-0.4, -0.2) is 61.3 Å². The summed E-state index contributed by atoms with van der Waals surface area (Å²) in [7, 11) is 0. The number of phenolic OH excluding ortho intramolecular Hbond substituents is 12. The minimum atomic E-state index is 0. The van der Waals surface area contributed by atoms with Gasteiger partial charge in [-0.25, -0.2) is 0 Å². The van der Waals surface area contributed by atoms with Crippen LogP contribution in [0.25, 0.3) is 0 Å². The molecule has 14 heteroatoms. The summed E-state index contributed by atoms with van der Waals surface area (Å²) in [6.45, 7) is 0. The Bertz CT molecular complexity index is 1220. The number of phenols is 12. The van der Waals surface area contributed by atoms with Crippen molar-refractivity contribution in [2.75, 3.05) is 0 Å². The minimum Gasteiger partial charge on any atom is -0.508 e. The first-order chi connectivity index (χ1) is 22.7. The maximum atomic E-state index is 8.65. The van der Waals surface area contributed by atoms with Gasteiger partial charge in [0.1, 0.15) is 69.0 Å². The number of rotatable bonds is 0. The van der Waals surface area contributed by atoms with Gasteiger partial charge in [-0.2, -0.15) is 0 Å². The molecule has 0 aliphatic rings. The number of aromatic hydroxyl groups is 12. The molecule has 0 fully saturated rings. The van der Waals surface area contributed by atoms with Crippen molar-refractivity contribution in [2.45, 2.75) is 0 Å². The molecule has 0 aliphatic carbocycles. The van der Waals surface area contributed by atoms with Gasteiger partial charge in [-0.3, -0.25) is 0 Å². The van der Waals surface area contributed by atoms with E-state index >= 15 is 0 Å². The molecule has 0 unspecified atom stereocenters. The van der Waals surface area contributed by atoms with Gasteiger partial charge in [0, 0.05) is 0 Å². The van der Waals surface area contributed by atoms with E-state index in [0.717, 1.165) is 0 Å². The molecule has 6 aromatic carbocycles. The maximum Gasteiger partial charge on any atom is 0.115 e. The van der Waals surface area contributed by atoms with Crippen LogP contribution in [0.5, 0.6) is 69.0 Å². The third kappa shape index (κ3) is 23.8. The van der Waals surface area contributed by atoms with Gasteiger partial charge in [0.05, 0.1) is 0 Å². The van der Waals surface area contributed by atoms with E-state index in [0.29, 0.717) is 0 Å². The van der Waals surface area contributed by atoms with Crippen LogP contribution < -0.4 is 0 Å². The molecule has 0 bridgehead atoms. The van der Waals surface area contributed by atoms with Crippen LogP contribution in [0.4, 0.5) is 0 Å². The van der Waals surface area contributed by atoms with Gasteiger partial charge < -0.3 is 61.3 Å². The molecule has 50 heavy (non-hydrogen) atoms. The fourth-order valence-electron chi connectivity index (χ4n) is 2.72. The van der Waals surface area contributed by atoms with Crippen molar-refractivity contribution >= 4 is 24.8 Å². The Kier molecular flexibility index (Phi) is 23.3. The first kappa shape index (κ1) is 45.6. The number of hydrogen-bond acceptors (Lipinski definition) is 12. The predicted molar refractivity (Wildman–Crippen MR) is 193 cm³/mol. The zero-order valence-corrected chi connectivity index (χ0v) is 27.7. The molecule has 6 rings (SSSR count). The van der Waals surface area contributed by atoms with Crippen molar-refractivity contribution in [1.29, 1.82) is 0 Å². The summed E-state index contributed by atoms with van der Waals surface area (Å²) >= 11 is 0. The second-order valence-electron chi connectivity index (χ2n) is 9.10. The monoisotopic (exact) mass is 732 g/mol. The summed E-state index contributed by atoms with van der Waals surface area (Å²) in [5.41, 5.74) is 0. The largest absolute Gasteiger partial charge is 0.508 e. The smallest absolute Gasteiger partial charge is 0.115 e. The first-order valence-electron chi connectivity index (χ1n) is 13.6. The zero-order valence-electron chi connectivity index (χ0n) is 26.0. The average molecular weight is 734 g/mol. The lowest BCUT2D eigenvalue weighted by Gasteiger charge is -1.88. The topological polar surface area (TPSA) is 243 Å². The Hall–Kier alpha value is -6.50. The average Bonchev–Trinajstić information content (AvgIpc) is 3.07. The van der Waals surface area contributed by atoms with E-state index in [-0.39, 0.29) is 93.8 Å². The van der Waals surface area contributed by atoms with Crippen molar-refractivity contribution in [1.82, 2.24) is 0 Å². The van der Waals surface area contributed by atoms with E-state index in [4.69, 9.17) is 61.3 Å². The van der Waals surface area contributed by atoms with Gasteiger partial charge in [-0.15, -0.1) is 24.8 Å². The van der Waals surface area contributed by atoms with Crippen molar-refractivity contribution in [2.24, 2.45) is 0 Å². The second kappa shape index (κ2) is 25.6. The summed E-state index contributed by atoms with van der Waals surface area (Å²) in [6, 6.07) is 34.2. The normalized spacial score (nSPS) is 8.64. The molecule has 0 spiro atoms. The fraction of sp³-hybridized carbons (Fsp3) is 0. The van der Waals surface area contributed by atoms with Gasteiger partial charge in [-0.1, -0.05) is 0 Å². The highest BCUT2D eigenvalue weighted by Gasteiger charge is 1.87. The SMILES string of the molecule is Cl.Cl.Oc1ccc(O)cc1.Oc1ccc(O)cc1.Oc1ccc(O)cc1.Oc1ccc(O)cc1.Oc1ccc(O)cc1.Oc1ccc(O)cc1. The first-order valence-corrected chi connectivity index (χ1v) is 13.6. The van der Waals surface area contributed by atoms with Crippen LogP contribution in [-0.2, 0) is 0 Å². The lowest BCUT2D eigenvalue weighted by molar-refractivity contribution is 0.460. The Morgan fingerprint density at radius 2 is 0.180 bits per heavy atom. The standard InChI is InChI=1S/6C6H6O2.2ClH/c6*7-5-1-2-6(8)4-3-5;;/h6*1-4,7-8H;2*1H. The molecule has 268 valence electrons. The highest BCUT2D eigenvalue weighted by atomic mass is 35.5. The third-order valence-corrected chi connectivity index (χ3v) is 5.10. The fourth-order valence-corrected chi connectivity index (χ4v) is 2.72. The van der Waals surface area contributed by atoms with Gasteiger partial charge in [0.2, 0.25) is 0 Å². The molecule has 12 nitrogen and oxygen atoms in total. The molecular weight excluding hydrogens is 695 g/mol. The predicted octanol–water partition coefficient (Wildman–Crippen LogP) is 7.43. The maximum absolute atomic E-state index is 8.65. The summed E-state index contributed by atoms with van der Waals surface area (Å²) < 4.78 is 0. The molecule has 12 N–H and O–H groups in total. The number of benzene rings is 6. The Morgan fingerprint density at radius 3 is 0.220 bits per heavy atom. The van der Waals surface area contributed by atoms with Crippen molar-refractivity contribution < 1.29 is 61.3 Å². The zero-order chi connectivity index (χ0) is 35.9. The molecule has 0 heterocycles. The van der Waals surface area contributed by atoms with Crippen LogP contribution in [0.3, 0.4) is 0 Å². The van der Waals surface area contributed by atoms with E-state index in [1.165, 1.54) is 146 Å². The van der Waals surface area contributed by atoms with Gasteiger partial charge in [-0.05, 0) is 146 Å². The number of hydrogen-bond donors (Lipinski definition) is 12. The Balaban J connectivity index is 0. The van der Waals surface area contributed by atoms with E-state index in [2.05, 4.69) is 0 Å². The number of halogens is 2. The summed E-state index contributed by atoms with van der Waals surface area (Å²) in [6.07, 6.45) is 0. The molecule has 0 aliphatic heterocycles. The van der Waals surface area contributed by atoms with Crippen LogP contribution in [0.1, 0.15) is 0 Å². The van der Waals surface area contributed by atoms with Crippen LogP contribution in [0, 0.1) is 0 Å². The van der Waals surface area contributed by atoms with E-state index in [1.54, 1.807) is 0 Å². The molecule has 0 aromatic heterocycles. The lowest BCUT2D eigenvalue weighted by Crippen LogP contribution is -1.61. The molecule has 0 saturated heterocycles. The Labute approximate surface area is 300 Å². The Morgan fingerprint density at radius 1 is 0.140 bits per heavy atom. The third-order valence-electron chi connectivity index (χ3n) is 5.10. The molecule has 0 radical (unpaired) electrons. The quantitative estimate of drug-likeness (QED) is 0.0682. The van der Waals surface area contributed by atoms with E-state index < -0.39 is 0 Å².